The summed E-state index contributed by atoms with van der Waals surface area (Å²) in [7, 11) is 0. The van der Waals surface area contributed by atoms with Gasteiger partial charge in [-0.25, -0.2) is 4.79 Å². The average Bonchev–Trinajstić information content (AvgIpc) is 2.40. The molecular formula is C16H18N2O2. The van der Waals surface area contributed by atoms with E-state index in [1.54, 1.807) is 18.2 Å². The molecule has 0 unspecified atom stereocenters. The van der Waals surface area contributed by atoms with Crippen molar-refractivity contribution in [2.24, 2.45) is 0 Å². The molecule has 0 bridgehead atoms. The summed E-state index contributed by atoms with van der Waals surface area (Å²) in [5.41, 5.74) is 9.41. The zero-order chi connectivity index (χ0) is 14.5. The number of hydrogen-bond acceptors (Lipinski definition) is 3. The Morgan fingerprint density at radius 1 is 1.25 bits per heavy atom. The molecular weight excluding hydrogens is 252 g/mol. The summed E-state index contributed by atoms with van der Waals surface area (Å²) in [6.07, 6.45) is 0.815. The average molecular weight is 270 g/mol. The number of anilines is 2. The van der Waals surface area contributed by atoms with Gasteiger partial charge < -0.3 is 16.2 Å². The van der Waals surface area contributed by atoms with Gasteiger partial charge in [0, 0.05) is 6.54 Å². The van der Waals surface area contributed by atoms with E-state index in [4.69, 9.17) is 10.8 Å². The van der Waals surface area contributed by atoms with Crippen LogP contribution in [0.15, 0.2) is 42.5 Å². The maximum absolute atomic E-state index is 11.2. The summed E-state index contributed by atoms with van der Waals surface area (Å²) in [6, 6.07) is 13.1. The minimum absolute atomic E-state index is 0.203. The van der Waals surface area contributed by atoms with Gasteiger partial charge in [0.05, 0.1) is 16.9 Å². The molecule has 0 aliphatic carbocycles. The number of nitrogen functional groups attached to an aromatic ring is 1. The van der Waals surface area contributed by atoms with Crippen molar-refractivity contribution < 1.29 is 9.90 Å². The number of para-hydroxylation sites is 1. The van der Waals surface area contributed by atoms with Gasteiger partial charge in [-0.1, -0.05) is 35.9 Å². The first kappa shape index (κ1) is 13.9. The van der Waals surface area contributed by atoms with Gasteiger partial charge in [-0.2, -0.15) is 0 Å². The Morgan fingerprint density at radius 2 is 2.00 bits per heavy atom. The summed E-state index contributed by atoms with van der Waals surface area (Å²) >= 11 is 0. The molecule has 0 spiro atoms. The van der Waals surface area contributed by atoms with Gasteiger partial charge in [0.15, 0.2) is 0 Å². The highest BCUT2D eigenvalue weighted by Crippen LogP contribution is 2.23. The molecule has 0 amide bonds. The van der Waals surface area contributed by atoms with Crippen LogP contribution in [0.25, 0.3) is 0 Å². The molecule has 4 N–H and O–H groups in total. The van der Waals surface area contributed by atoms with E-state index < -0.39 is 5.97 Å². The number of hydrogen-bond donors (Lipinski definition) is 3. The van der Waals surface area contributed by atoms with Crippen LogP contribution in [0.2, 0.25) is 0 Å². The smallest absolute Gasteiger partial charge is 0.337 e. The Kier molecular flexibility index (Phi) is 4.25. The van der Waals surface area contributed by atoms with Crippen molar-refractivity contribution in [3.8, 4) is 0 Å². The quantitative estimate of drug-likeness (QED) is 0.730. The Labute approximate surface area is 118 Å². The van der Waals surface area contributed by atoms with E-state index in [2.05, 4.69) is 30.4 Å². The Morgan fingerprint density at radius 3 is 2.70 bits per heavy atom. The predicted molar refractivity (Wildman–Crippen MR) is 81.2 cm³/mol. The number of aryl methyl sites for hydroxylation is 1. The maximum atomic E-state index is 11.2. The first-order chi connectivity index (χ1) is 9.58. The Bertz CT molecular complexity index is 624. The van der Waals surface area contributed by atoms with Crippen LogP contribution in [0.1, 0.15) is 21.5 Å². The second-order valence-corrected chi connectivity index (χ2v) is 4.74. The zero-order valence-corrected chi connectivity index (χ0v) is 11.4. The number of benzene rings is 2. The summed E-state index contributed by atoms with van der Waals surface area (Å²) in [4.78, 5) is 11.2. The number of rotatable bonds is 5. The number of carbonyl (C=O) groups is 1. The molecule has 0 aliphatic heterocycles. The monoisotopic (exact) mass is 270 g/mol. The molecule has 2 rings (SSSR count). The second kappa shape index (κ2) is 6.10. The Hall–Kier alpha value is -2.49. The van der Waals surface area contributed by atoms with Gasteiger partial charge >= 0.3 is 5.97 Å². The number of nitrogens with one attached hydrogen (secondary N) is 1. The van der Waals surface area contributed by atoms with Crippen molar-refractivity contribution in [2.45, 2.75) is 13.3 Å². The van der Waals surface area contributed by atoms with Crippen LogP contribution in [-0.4, -0.2) is 17.6 Å². The molecule has 0 saturated carbocycles. The summed E-state index contributed by atoms with van der Waals surface area (Å²) in [5, 5.41) is 12.3. The van der Waals surface area contributed by atoms with Crippen molar-refractivity contribution in [3.63, 3.8) is 0 Å². The highest BCUT2D eigenvalue weighted by atomic mass is 16.4. The van der Waals surface area contributed by atoms with Crippen molar-refractivity contribution in [1.82, 2.24) is 0 Å². The minimum Gasteiger partial charge on any atom is -0.478 e. The molecule has 0 atom stereocenters. The summed E-state index contributed by atoms with van der Waals surface area (Å²) < 4.78 is 0. The van der Waals surface area contributed by atoms with E-state index in [9.17, 15) is 4.79 Å². The fourth-order valence-electron chi connectivity index (χ4n) is 2.15. The van der Waals surface area contributed by atoms with Crippen LogP contribution in [0.4, 0.5) is 11.4 Å². The zero-order valence-electron chi connectivity index (χ0n) is 11.4. The fourth-order valence-corrected chi connectivity index (χ4v) is 2.15. The molecule has 2 aromatic carbocycles. The van der Waals surface area contributed by atoms with Gasteiger partial charge in [-0.3, -0.25) is 0 Å². The van der Waals surface area contributed by atoms with E-state index in [-0.39, 0.29) is 5.56 Å². The summed E-state index contributed by atoms with van der Waals surface area (Å²) in [5.74, 6) is -0.977. The number of carboxylic acids is 1. The van der Waals surface area contributed by atoms with Crippen LogP contribution < -0.4 is 11.1 Å². The molecule has 0 radical (unpaired) electrons. The number of aromatic carboxylic acids is 1. The van der Waals surface area contributed by atoms with E-state index in [1.807, 2.05) is 6.07 Å². The lowest BCUT2D eigenvalue weighted by Crippen LogP contribution is -2.11. The molecule has 0 aromatic heterocycles. The van der Waals surface area contributed by atoms with Crippen molar-refractivity contribution in [3.05, 3.63) is 59.2 Å². The SMILES string of the molecule is Cc1cccc(CCNc2c(N)cccc2C(=O)O)c1. The van der Waals surface area contributed by atoms with E-state index in [0.717, 1.165) is 6.42 Å². The highest BCUT2D eigenvalue weighted by Gasteiger charge is 2.11. The Balaban J connectivity index is 2.06. The van der Waals surface area contributed by atoms with Gasteiger partial charge in [0.1, 0.15) is 0 Å². The van der Waals surface area contributed by atoms with Crippen molar-refractivity contribution in [1.29, 1.82) is 0 Å². The van der Waals surface area contributed by atoms with E-state index in [0.29, 0.717) is 17.9 Å². The molecule has 4 heteroatoms. The molecule has 4 nitrogen and oxygen atoms in total. The first-order valence-corrected chi connectivity index (χ1v) is 6.49. The molecule has 0 aliphatic rings. The lowest BCUT2D eigenvalue weighted by molar-refractivity contribution is 0.0698. The van der Waals surface area contributed by atoms with Crippen LogP contribution in [-0.2, 0) is 6.42 Å². The van der Waals surface area contributed by atoms with Crippen molar-refractivity contribution >= 4 is 17.3 Å². The second-order valence-electron chi connectivity index (χ2n) is 4.74. The fraction of sp³-hybridized carbons (Fsp3) is 0.188. The van der Waals surface area contributed by atoms with E-state index in [1.165, 1.54) is 11.1 Å². The van der Waals surface area contributed by atoms with E-state index >= 15 is 0 Å². The first-order valence-electron chi connectivity index (χ1n) is 6.49. The molecule has 104 valence electrons. The number of carboxylic acid groups (broad SMARTS) is 1. The van der Waals surface area contributed by atoms with Crippen molar-refractivity contribution in [2.75, 3.05) is 17.6 Å². The van der Waals surface area contributed by atoms with Gasteiger partial charge in [0.2, 0.25) is 0 Å². The van der Waals surface area contributed by atoms with Crippen LogP contribution in [0.3, 0.4) is 0 Å². The molecule has 0 fully saturated rings. The van der Waals surface area contributed by atoms with Crippen LogP contribution in [0, 0.1) is 6.92 Å². The van der Waals surface area contributed by atoms with Crippen LogP contribution in [0.5, 0.6) is 0 Å². The molecule has 0 heterocycles. The molecule has 2 aromatic rings. The normalized spacial score (nSPS) is 10.2. The van der Waals surface area contributed by atoms with Gasteiger partial charge in [-0.05, 0) is 31.0 Å². The minimum atomic E-state index is -0.977. The molecule has 20 heavy (non-hydrogen) atoms. The lowest BCUT2D eigenvalue weighted by atomic mass is 10.1. The maximum Gasteiger partial charge on any atom is 0.337 e. The third-order valence-corrected chi connectivity index (χ3v) is 3.13. The third kappa shape index (κ3) is 3.29. The summed E-state index contributed by atoms with van der Waals surface area (Å²) in [6.45, 7) is 2.69. The van der Waals surface area contributed by atoms with Gasteiger partial charge in [-0.15, -0.1) is 0 Å². The third-order valence-electron chi connectivity index (χ3n) is 3.13. The largest absolute Gasteiger partial charge is 0.478 e. The lowest BCUT2D eigenvalue weighted by Gasteiger charge is -2.12. The van der Waals surface area contributed by atoms with Crippen LogP contribution >= 0.6 is 0 Å². The molecule has 0 saturated heterocycles. The number of nitrogens with two attached hydrogens (primary N) is 1. The highest BCUT2D eigenvalue weighted by molar-refractivity contribution is 5.97. The topological polar surface area (TPSA) is 75.3 Å². The standard InChI is InChI=1S/C16H18N2O2/c1-11-4-2-5-12(10-11)8-9-18-15-13(16(19)20)6-3-7-14(15)17/h2-7,10,18H,8-9,17H2,1H3,(H,19,20). The van der Waals surface area contributed by atoms with Gasteiger partial charge in [0.25, 0.3) is 0 Å². The predicted octanol–water partition coefficient (Wildman–Crippen LogP) is 2.93.